The van der Waals surface area contributed by atoms with E-state index in [1.165, 1.54) is 12.1 Å². The van der Waals surface area contributed by atoms with Gasteiger partial charge in [-0.1, -0.05) is 30.3 Å². The van der Waals surface area contributed by atoms with Gasteiger partial charge in [-0.3, -0.25) is 4.21 Å². The highest BCUT2D eigenvalue weighted by atomic mass is 32.2. The molecule has 0 spiro atoms. The molecule has 0 aliphatic carbocycles. The second-order valence-electron chi connectivity index (χ2n) is 5.68. The smallest absolute Gasteiger partial charge is 0.357 e. The molecule has 0 heterocycles. The highest BCUT2D eigenvalue weighted by Crippen LogP contribution is 2.29. The Balaban J connectivity index is 1.89. The molecule has 146 valence electrons. The Morgan fingerprint density at radius 2 is 1.70 bits per heavy atom. The number of nitrogens with zero attached hydrogens (tertiary/aromatic N) is 1. The van der Waals surface area contributed by atoms with Gasteiger partial charge in [-0.05, 0) is 36.8 Å². The molecular formula is C19H22F3N3OS. The van der Waals surface area contributed by atoms with Gasteiger partial charge in [0.2, 0.25) is 0 Å². The van der Waals surface area contributed by atoms with Crippen molar-refractivity contribution in [1.29, 1.82) is 0 Å². The van der Waals surface area contributed by atoms with Crippen LogP contribution in [0.15, 0.2) is 64.5 Å². The van der Waals surface area contributed by atoms with Crippen LogP contribution in [0, 0.1) is 0 Å². The second kappa shape index (κ2) is 10.1. The molecule has 1 unspecified atom stereocenters. The van der Waals surface area contributed by atoms with Gasteiger partial charge in [0.15, 0.2) is 5.96 Å². The van der Waals surface area contributed by atoms with Crippen molar-refractivity contribution in [3.05, 3.63) is 65.7 Å². The van der Waals surface area contributed by atoms with E-state index in [4.69, 9.17) is 0 Å². The third-order valence-corrected chi connectivity index (χ3v) is 5.00. The molecule has 0 fully saturated rings. The van der Waals surface area contributed by atoms with Crippen molar-refractivity contribution in [3.63, 3.8) is 0 Å². The third-order valence-electron chi connectivity index (χ3n) is 3.63. The van der Waals surface area contributed by atoms with Crippen LogP contribution in [0.25, 0.3) is 0 Å². The number of benzene rings is 2. The molecule has 2 aromatic rings. The number of hydrogen-bond donors (Lipinski definition) is 2. The molecule has 27 heavy (non-hydrogen) atoms. The van der Waals surface area contributed by atoms with Gasteiger partial charge in [-0.15, -0.1) is 0 Å². The fourth-order valence-corrected chi connectivity index (χ4v) is 3.25. The number of guanidine groups is 1. The van der Waals surface area contributed by atoms with Gasteiger partial charge in [-0.2, -0.15) is 13.2 Å². The average Bonchev–Trinajstić information content (AvgIpc) is 2.66. The quantitative estimate of drug-likeness (QED) is 0.555. The molecule has 2 N–H and O–H groups in total. The summed E-state index contributed by atoms with van der Waals surface area (Å²) in [5.74, 6) is 0.955. The van der Waals surface area contributed by atoms with Gasteiger partial charge in [-0.25, -0.2) is 4.99 Å². The first-order valence-electron chi connectivity index (χ1n) is 8.52. The van der Waals surface area contributed by atoms with Gasteiger partial charge < -0.3 is 10.6 Å². The summed E-state index contributed by atoms with van der Waals surface area (Å²) in [5.41, 5.74) is -0.00304. The fourth-order valence-electron chi connectivity index (χ4n) is 2.26. The van der Waals surface area contributed by atoms with Crippen molar-refractivity contribution in [1.82, 2.24) is 10.6 Å². The summed E-state index contributed by atoms with van der Waals surface area (Å²) < 4.78 is 50.0. The first-order valence-corrected chi connectivity index (χ1v) is 9.83. The molecule has 1 atom stereocenters. The number of rotatable bonds is 7. The lowest BCUT2D eigenvalue weighted by Gasteiger charge is -2.11. The first-order chi connectivity index (χ1) is 12.9. The van der Waals surface area contributed by atoms with Crippen LogP contribution in [0.1, 0.15) is 18.1 Å². The summed E-state index contributed by atoms with van der Waals surface area (Å²) in [7, 11) is -1.11. The predicted octanol–water partition coefficient (Wildman–Crippen LogP) is 3.57. The van der Waals surface area contributed by atoms with Crippen LogP contribution in [-0.2, 0) is 23.5 Å². The Bertz CT molecular complexity index is 762. The molecule has 4 nitrogen and oxygen atoms in total. The fraction of sp³-hybridized carbons (Fsp3) is 0.316. The topological polar surface area (TPSA) is 53.5 Å². The lowest BCUT2D eigenvalue weighted by atomic mass is 10.1. The summed E-state index contributed by atoms with van der Waals surface area (Å²) >= 11 is 0. The van der Waals surface area contributed by atoms with Crippen molar-refractivity contribution in [2.24, 2.45) is 4.99 Å². The van der Waals surface area contributed by atoms with Gasteiger partial charge in [0.05, 0.1) is 22.9 Å². The maximum absolute atomic E-state index is 12.6. The molecule has 0 aromatic heterocycles. The molecule has 0 amide bonds. The van der Waals surface area contributed by atoms with Crippen LogP contribution in [0.3, 0.4) is 0 Å². The molecule has 0 saturated carbocycles. The standard InChI is InChI=1S/C19H22F3N3OS/c1-2-23-18(24-12-13-27(26)17-6-4-3-5-7-17)25-14-15-8-10-16(11-9-15)19(20,21)22/h3-11H,2,12-14H2,1H3,(H2,23,24,25). The van der Waals surface area contributed by atoms with Crippen LogP contribution in [-0.4, -0.2) is 29.0 Å². The lowest BCUT2D eigenvalue weighted by molar-refractivity contribution is -0.137. The van der Waals surface area contributed by atoms with Crippen LogP contribution in [0.5, 0.6) is 0 Å². The normalized spacial score (nSPS) is 13.3. The van der Waals surface area contributed by atoms with Gasteiger partial charge in [0.25, 0.3) is 0 Å². The molecular weight excluding hydrogens is 375 g/mol. The maximum atomic E-state index is 12.6. The van der Waals surface area contributed by atoms with E-state index in [1.807, 2.05) is 37.3 Å². The van der Waals surface area contributed by atoms with Crippen LogP contribution in [0.4, 0.5) is 13.2 Å². The summed E-state index contributed by atoms with van der Waals surface area (Å²) in [4.78, 5) is 5.13. The van der Waals surface area contributed by atoms with E-state index in [-0.39, 0.29) is 6.54 Å². The summed E-state index contributed by atoms with van der Waals surface area (Å²) in [6, 6.07) is 14.1. The van der Waals surface area contributed by atoms with E-state index in [0.717, 1.165) is 17.0 Å². The third kappa shape index (κ3) is 7.05. The van der Waals surface area contributed by atoms with E-state index in [1.54, 1.807) is 0 Å². The number of nitrogens with one attached hydrogen (secondary N) is 2. The van der Waals surface area contributed by atoms with E-state index >= 15 is 0 Å². The maximum Gasteiger partial charge on any atom is 0.416 e. The van der Waals surface area contributed by atoms with Crippen LogP contribution >= 0.6 is 0 Å². The molecule has 0 bridgehead atoms. The molecule has 0 radical (unpaired) electrons. The van der Waals surface area contributed by atoms with E-state index in [0.29, 0.717) is 30.4 Å². The van der Waals surface area contributed by atoms with Gasteiger partial charge in [0, 0.05) is 23.7 Å². The first kappa shape index (κ1) is 21.0. The van der Waals surface area contributed by atoms with Crippen molar-refractivity contribution >= 4 is 16.8 Å². The number of aliphatic imine (C=N–C) groups is 1. The number of halogens is 3. The zero-order valence-corrected chi connectivity index (χ0v) is 15.7. The highest BCUT2D eigenvalue weighted by Gasteiger charge is 2.29. The Kier molecular flexibility index (Phi) is 7.84. The molecule has 0 saturated heterocycles. The van der Waals surface area contributed by atoms with Crippen molar-refractivity contribution in [2.45, 2.75) is 24.5 Å². The van der Waals surface area contributed by atoms with Gasteiger partial charge in [0.1, 0.15) is 0 Å². The lowest BCUT2D eigenvalue weighted by Crippen LogP contribution is -2.39. The predicted molar refractivity (Wildman–Crippen MR) is 102 cm³/mol. The minimum absolute atomic E-state index is 0.245. The molecule has 8 heteroatoms. The van der Waals surface area contributed by atoms with Crippen molar-refractivity contribution in [3.8, 4) is 0 Å². The summed E-state index contributed by atoms with van der Waals surface area (Å²) in [6.07, 6.45) is -4.34. The summed E-state index contributed by atoms with van der Waals surface area (Å²) in [5, 5.41) is 6.15. The number of alkyl halides is 3. The van der Waals surface area contributed by atoms with E-state index in [2.05, 4.69) is 15.6 Å². The molecule has 2 rings (SSSR count). The minimum Gasteiger partial charge on any atom is -0.357 e. The SMILES string of the molecule is CCNC(=NCc1ccc(C(F)(F)F)cc1)NCCS(=O)c1ccccc1. The van der Waals surface area contributed by atoms with Crippen LogP contribution < -0.4 is 10.6 Å². The Morgan fingerprint density at radius 1 is 1.04 bits per heavy atom. The Morgan fingerprint density at radius 3 is 2.30 bits per heavy atom. The summed E-state index contributed by atoms with van der Waals surface area (Å²) in [6.45, 7) is 3.26. The van der Waals surface area contributed by atoms with E-state index in [9.17, 15) is 17.4 Å². The average molecular weight is 397 g/mol. The largest absolute Gasteiger partial charge is 0.416 e. The Hall–Kier alpha value is -2.35. The molecule has 0 aliphatic heterocycles. The molecule has 0 aliphatic rings. The second-order valence-corrected chi connectivity index (χ2v) is 7.25. The van der Waals surface area contributed by atoms with Gasteiger partial charge >= 0.3 is 6.18 Å². The van der Waals surface area contributed by atoms with Crippen molar-refractivity contribution in [2.75, 3.05) is 18.8 Å². The van der Waals surface area contributed by atoms with Crippen LogP contribution in [0.2, 0.25) is 0 Å². The number of hydrogen-bond acceptors (Lipinski definition) is 2. The zero-order valence-electron chi connectivity index (χ0n) is 14.9. The zero-order chi connectivity index (χ0) is 19.7. The monoisotopic (exact) mass is 397 g/mol. The minimum atomic E-state index is -4.34. The van der Waals surface area contributed by atoms with Crippen molar-refractivity contribution < 1.29 is 17.4 Å². The van der Waals surface area contributed by atoms with E-state index < -0.39 is 22.5 Å². The highest BCUT2D eigenvalue weighted by molar-refractivity contribution is 7.85. The Labute approximate surface area is 159 Å². The molecule has 2 aromatic carbocycles.